The summed E-state index contributed by atoms with van der Waals surface area (Å²) in [6.07, 6.45) is 0.466. The summed E-state index contributed by atoms with van der Waals surface area (Å²) in [7, 11) is 0. The first-order chi connectivity index (χ1) is 7.13. The van der Waals surface area contributed by atoms with Gasteiger partial charge in [-0.05, 0) is 48.5 Å². The van der Waals surface area contributed by atoms with E-state index < -0.39 is 0 Å². The van der Waals surface area contributed by atoms with Crippen molar-refractivity contribution >= 4 is 5.97 Å². The van der Waals surface area contributed by atoms with Gasteiger partial charge >= 0.3 is 5.97 Å². The lowest BCUT2D eigenvalue weighted by Crippen LogP contribution is -2.39. The Labute approximate surface area is 100 Å². The van der Waals surface area contributed by atoms with Crippen molar-refractivity contribution in [2.45, 2.75) is 72.6 Å². The van der Waals surface area contributed by atoms with Gasteiger partial charge in [0.05, 0.1) is 6.42 Å². The largest absolute Gasteiger partial charge is 0.460 e. The fourth-order valence-electron chi connectivity index (χ4n) is 1.73. The van der Waals surface area contributed by atoms with Crippen LogP contribution in [0.4, 0.5) is 0 Å². The standard InChI is InChI=1S/C13H27NO2/c1-10(2)14(11(3)4)9-8-12(15)16-13(5,6)7/h10-11H,8-9H2,1-7H3. The fourth-order valence-corrected chi connectivity index (χ4v) is 1.73. The third-order valence-electron chi connectivity index (χ3n) is 2.32. The third kappa shape index (κ3) is 6.83. The van der Waals surface area contributed by atoms with E-state index in [-0.39, 0.29) is 11.6 Å². The number of hydrogen-bond donors (Lipinski definition) is 0. The van der Waals surface area contributed by atoms with Crippen LogP contribution < -0.4 is 0 Å². The first kappa shape index (κ1) is 15.4. The number of esters is 1. The second-order valence-electron chi connectivity index (χ2n) is 5.76. The molecule has 0 heterocycles. The molecule has 0 radical (unpaired) electrons. The molecule has 0 atom stereocenters. The molecule has 0 aliphatic carbocycles. The van der Waals surface area contributed by atoms with Gasteiger partial charge in [0.2, 0.25) is 0 Å². The first-order valence-electron chi connectivity index (χ1n) is 6.11. The number of carbonyl (C=O) groups excluding carboxylic acids is 1. The summed E-state index contributed by atoms with van der Waals surface area (Å²) in [6.45, 7) is 15.0. The summed E-state index contributed by atoms with van der Waals surface area (Å²) < 4.78 is 5.28. The Morgan fingerprint density at radius 1 is 1.12 bits per heavy atom. The highest BCUT2D eigenvalue weighted by molar-refractivity contribution is 5.70. The SMILES string of the molecule is CC(C)N(CCC(=O)OC(C)(C)C)C(C)C. The van der Waals surface area contributed by atoms with Gasteiger partial charge in [0.1, 0.15) is 5.60 Å². The third-order valence-corrected chi connectivity index (χ3v) is 2.32. The van der Waals surface area contributed by atoms with Crippen LogP contribution in [0.3, 0.4) is 0 Å². The number of nitrogens with zero attached hydrogens (tertiary/aromatic N) is 1. The van der Waals surface area contributed by atoms with E-state index in [9.17, 15) is 4.79 Å². The van der Waals surface area contributed by atoms with Gasteiger partial charge in [-0.25, -0.2) is 0 Å². The highest BCUT2D eigenvalue weighted by Crippen LogP contribution is 2.10. The molecule has 3 nitrogen and oxygen atoms in total. The molecule has 0 aromatic rings. The van der Waals surface area contributed by atoms with Crippen molar-refractivity contribution < 1.29 is 9.53 Å². The Morgan fingerprint density at radius 2 is 1.56 bits per heavy atom. The Hall–Kier alpha value is -0.570. The van der Waals surface area contributed by atoms with Crippen LogP contribution in [0.2, 0.25) is 0 Å². The molecule has 0 unspecified atom stereocenters. The van der Waals surface area contributed by atoms with E-state index >= 15 is 0 Å². The van der Waals surface area contributed by atoms with Crippen molar-refractivity contribution in [3.05, 3.63) is 0 Å². The molecule has 16 heavy (non-hydrogen) atoms. The smallest absolute Gasteiger partial charge is 0.307 e. The maximum absolute atomic E-state index is 11.6. The van der Waals surface area contributed by atoms with Gasteiger partial charge in [-0.3, -0.25) is 9.69 Å². The van der Waals surface area contributed by atoms with E-state index in [1.807, 2.05) is 20.8 Å². The normalized spacial score (nSPS) is 12.6. The van der Waals surface area contributed by atoms with Crippen LogP contribution in [-0.4, -0.2) is 35.1 Å². The molecule has 0 spiro atoms. The molecule has 96 valence electrons. The van der Waals surface area contributed by atoms with Crippen molar-refractivity contribution in [1.29, 1.82) is 0 Å². The van der Waals surface area contributed by atoms with Gasteiger partial charge in [0, 0.05) is 18.6 Å². The predicted octanol–water partition coefficient (Wildman–Crippen LogP) is 2.84. The lowest BCUT2D eigenvalue weighted by atomic mass is 10.2. The van der Waals surface area contributed by atoms with Crippen molar-refractivity contribution in [3.63, 3.8) is 0 Å². The molecule has 0 saturated carbocycles. The van der Waals surface area contributed by atoms with Crippen molar-refractivity contribution in [2.75, 3.05) is 6.54 Å². The quantitative estimate of drug-likeness (QED) is 0.679. The van der Waals surface area contributed by atoms with Crippen LogP contribution >= 0.6 is 0 Å². The van der Waals surface area contributed by atoms with Crippen LogP contribution in [0.1, 0.15) is 54.9 Å². The highest BCUT2D eigenvalue weighted by atomic mass is 16.6. The van der Waals surface area contributed by atoms with Gasteiger partial charge in [-0.2, -0.15) is 0 Å². The summed E-state index contributed by atoms with van der Waals surface area (Å²) in [6, 6.07) is 0.921. The summed E-state index contributed by atoms with van der Waals surface area (Å²) in [4.78, 5) is 13.9. The summed E-state index contributed by atoms with van der Waals surface area (Å²) in [5, 5.41) is 0. The number of carbonyl (C=O) groups is 1. The Morgan fingerprint density at radius 3 is 1.88 bits per heavy atom. The number of hydrogen-bond acceptors (Lipinski definition) is 3. The zero-order valence-corrected chi connectivity index (χ0v) is 11.8. The maximum Gasteiger partial charge on any atom is 0.307 e. The van der Waals surface area contributed by atoms with Crippen LogP contribution in [0.5, 0.6) is 0 Å². The topological polar surface area (TPSA) is 29.5 Å². The summed E-state index contributed by atoms with van der Waals surface area (Å²) >= 11 is 0. The van der Waals surface area contributed by atoms with Crippen molar-refractivity contribution in [2.24, 2.45) is 0 Å². The van der Waals surface area contributed by atoms with Gasteiger partial charge < -0.3 is 4.74 Å². The van der Waals surface area contributed by atoms with Gasteiger partial charge in [0.25, 0.3) is 0 Å². The van der Waals surface area contributed by atoms with Crippen LogP contribution in [0.25, 0.3) is 0 Å². The Balaban J connectivity index is 4.07. The zero-order chi connectivity index (χ0) is 12.9. The minimum Gasteiger partial charge on any atom is -0.460 e. The number of ether oxygens (including phenoxy) is 1. The van der Waals surface area contributed by atoms with E-state index in [0.29, 0.717) is 18.5 Å². The van der Waals surface area contributed by atoms with E-state index in [0.717, 1.165) is 6.54 Å². The van der Waals surface area contributed by atoms with E-state index in [1.54, 1.807) is 0 Å². The van der Waals surface area contributed by atoms with Crippen molar-refractivity contribution in [1.82, 2.24) is 4.90 Å². The maximum atomic E-state index is 11.6. The molecule has 0 aliphatic rings. The Bertz CT molecular complexity index is 208. The Kier molecular flexibility index (Phi) is 6.01. The molecular weight excluding hydrogens is 202 g/mol. The molecule has 0 amide bonds. The molecule has 0 rings (SSSR count). The van der Waals surface area contributed by atoms with Crippen LogP contribution in [0.15, 0.2) is 0 Å². The molecule has 0 aliphatic heterocycles. The molecule has 0 fully saturated rings. The van der Waals surface area contributed by atoms with Gasteiger partial charge in [0.15, 0.2) is 0 Å². The fraction of sp³-hybridized carbons (Fsp3) is 0.923. The second kappa shape index (κ2) is 6.24. The zero-order valence-electron chi connectivity index (χ0n) is 11.8. The number of rotatable bonds is 5. The lowest BCUT2D eigenvalue weighted by Gasteiger charge is -2.30. The molecular formula is C13H27NO2. The molecule has 0 saturated heterocycles. The lowest BCUT2D eigenvalue weighted by molar-refractivity contribution is -0.155. The minimum atomic E-state index is -0.377. The molecule has 0 bridgehead atoms. The molecule has 0 aromatic carbocycles. The minimum absolute atomic E-state index is 0.112. The van der Waals surface area contributed by atoms with Crippen molar-refractivity contribution in [3.8, 4) is 0 Å². The monoisotopic (exact) mass is 229 g/mol. The van der Waals surface area contributed by atoms with Crippen LogP contribution in [0, 0.1) is 0 Å². The highest BCUT2D eigenvalue weighted by Gasteiger charge is 2.19. The average molecular weight is 229 g/mol. The van der Waals surface area contributed by atoms with E-state index in [1.165, 1.54) is 0 Å². The molecule has 0 aromatic heterocycles. The molecule has 3 heteroatoms. The molecule has 0 N–H and O–H groups in total. The van der Waals surface area contributed by atoms with E-state index in [2.05, 4.69) is 32.6 Å². The van der Waals surface area contributed by atoms with Gasteiger partial charge in [-0.1, -0.05) is 0 Å². The van der Waals surface area contributed by atoms with Crippen LogP contribution in [-0.2, 0) is 9.53 Å². The predicted molar refractivity (Wildman–Crippen MR) is 67.4 cm³/mol. The first-order valence-corrected chi connectivity index (χ1v) is 6.11. The van der Waals surface area contributed by atoms with E-state index in [4.69, 9.17) is 4.74 Å². The second-order valence-corrected chi connectivity index (χ2v) is 5.76. The average Bonchev–Trinajstić information content (AvgIpc) is 1.98. The summed E-state index contributed by atoms with van der Waals surface area (Å²) in [5.41, 5.74) is -0.377. The summed E-state index contributed by atoms with van der Waals surface area (Å²) in [5.74, 6) is -0.112. The van der Waals surface area contributed by atoms with Gasteiger partial charge in [-0.15, -0.1) is 0 Å².